The summed E-state index contributed by atoms with van der Waals surface area (Å²) in [5, 5.41) is 25.8. The first-order valence-corrected chi connectivity index (χ1v) is 8.41. The molecule has 1 aliphatic rings. The number of hydrogen-bond acceptors (Lipinski definition) is 7. The van der Waals surface area contributed by atoms with E-state index >= 15 is 0 Å². The van der Waals surface area contributed by atoms with Gasteiger partial charge in [0.15, 0.2) is 0 Å². The van der Waals surface area contributed by atoms with E-state index in [1.165, 1.54) is 5.56 Å². The number of β-amino-alcohol motifs (C(OH)–C–C–N with tert-alkyl or cyclic N) is 1. The lowest BCUT2D eigenvalue weighted by Gasteiger charge is -2.28. The zero-order valence-electron chi connectivity index (χ0n) is 14.8. The summed E-state index contributed by atoms with van der Waals surface area (Å²) in [5.74, 6) is 1.17. The Kier molecular flexibility index (Phi) is 4.98. The van der Waals surface area contributed by atoms with Crippen LogP contribution in [-0.4, -0.2) is 67.1 Å². The molecule has 0 aromatic carbocycles. The molecule has 2 aromatic heterocycles. The SMILES string of the molecule is CCN(Cc1nnc(C)o1)[C@@H]1CN(Cc2c(C)n[nH]c2C)C[C@H]1O. The molecule has 2 N–H and O–H groups in total. The van der Waals surface area contributed by atoms with Crippen molar-refractivity contribution < 1.29 is 9.52 Å². The second-order valence-electron chi connectivity index (χ2n) is 6.52. The second kappa shape index (κ2) is 7.00. The number of nitrogens with zero attached hydrogens (tertiary/aromatic N) is 5. The van der Waals surface area contributed by atoms with Gasteiger partial charge in [-0.25, -0.2) is 0 Å². The van der Waals surface area contributed by atoms with Crippen molar-refractivity contribution >= 4 is 0 Å². The maximum Gasteiger partial charge on any atom is 0.230 e. The molecule has 1 aliphatic heterocycles. The van der Waals surface area contributed by atoms with Crippen LogP contribution >= 0.6 is 0 Å². The number of aliphatic hydroxyl groups is 1. The molecule has 0 aliphatic carbocycles. The van der Waals surface area contributed by atoms with Gasteiger partial charge < -0.3 is 9.52 Å². The topological polar surface area (TPSA) is 94.3 Å². The third-order valence-electron chi connectivity index (χ3n) is 4.78. The average Bonchev–Trinajstić information content (AvgIpc) is 3.21. The van der Waals surface area contributed by atoms with Gasteiger partial charge in [0.25, 0.3) is 0 Å². The predicted octanol–water partition coefficient (Wildman–Crippen LogP) is 0.785. The lowest BCUT2D eigenvalue weighted by Crippen LogP contribution is -2.42. The summed E-state index contributed by atoms with van der Waals surface area (Å²) in [5.41, 5.74) is 3.34. The first kappa shape index (κ1) is 17.1. The maximum absolute atomic E-state index is 10.5. The van der Waals surface area contributed by atoms with Crippen molar-refractivity contribution in [3.05, 3.63) is 28.7 Å². The van der Waals surface area contributed by atoms with Gasteiger partial charge in [-0.1, -0.05) is 6.92 Å². The molecule has 0 spiro atoms. The molecule has 0 saturated carbocycles. The molecular formula is C16H26N6O2. The molecule has 0 amide bonds. The molecule has 2 atom stereocenters. The van der Waals surface area contributed by atoms with E-state index in [1.54, 1.807) is 6.92 Å². The van der Waals surface area contributed by atoms with Crippen molar-refractivity contribution in [3.63, 3.8) is 0 Å². The third-order valence-corrected chi connectivity index (χ3v) is 4.78. The van der Waals surface area contributed by atoms with Gasteiger partial charge in [-0.15, -0.1) is 10.2 Å². The van der Waals surface area contributed by atoms with E-state index in [1.807, 2.05) is 13.8 Å². The summed E-state index contributed by atoms with van der Waals surface area (Å²) in [7, 11) is 0. The van der Waals surface area contributed by atoms with Gasteiger partial charge in [0.05, 0.1) is 24.4 Å². The highest BCUT2D eigenvalue weighted by molar-refractivity contribution is 5.23. The van der Waals surface area contributed by atoms with Crippen LogP contribution in [0.2, 0.25) is 0 Å². The minimum atomic E-state index is -0.388. The van der Waals surface area contributed by atoms with Crippen molar-refractivity contribution in [2.24, 2.45) is 0 Å². The number of aromatic amines is 1. The summed E-state index contributed by atoms with van der Waals surface area (Å²) in [4.78, 5) is 4.48. The van der Waals surface area contributed by atoms with Crippen LogP contribution in [0.25, 0.3) is 0 Å². The van der Waals surface area contributed by atoms with E-state index in [0.29, 0.717) is 24.9 Å². The van der Waals surface area contributed by atoms with Gasteiger partial charge in [-0.2, -0.15) is 5.10 Å². The van der Waals surface area contributed by atoms with Gasteiger partial charge >= 0.3 is 0 Å². The Balaban J connectivity index is 1.65. The van der Waals surface area contributed by atoms with Gasteiger partial charge in [0.1, 0.15) is 0 Å². The summed E-state index contributed by atoms with van der Waals surface area (Å²) >= 11 is 0. The van der Waals surface area contributed by atoms with Crippen LogP contribution in [0.1, 0.15) is 35.7 Å². The highest BCUT2D eigenvalue weighted by atomic mass is 16.4. The van der Waals surface area contributed by atoms with Crippen LogP contribution < -0.4 is 0 Å². The average molecular weight is 334 g/mol. The Morgan fingerprint density at radius 3 is 2.67 bits per heavy atom. The van der Waals surface area contributed by atoms with Gasteiger partial charge in [-0.05, 0) is 20.4 Å². The molecule has 1 fully saturated rings. The lowest BCUT2D eigenvalue weighted by molar-refractivity contribution is 0.0760. The van der Waals surface area contributed by atoms with Crippen LogP contribution in [-0.2, 0) is 13.1 Å². The Hall–Kier alpha value is -1.77. The highest BCUT2D eigenvalue weighted by Gasteiger charge is 2.35. The molecule has 0 unspecified atom stereocenters. The van der Waals surface area contributed by atoms with Crippen molar-refractivity contribution in [3.8, 4) is 0 Å². The summed E-state index contributed by atoms with van der Waals surface area (Å²) < 4.78 is 5.48. The number of hydrogen-bond donors (Lipinski definition) is 2. The zero-order chi connectivity index (χ0) is 17.3. The van der Waals surface area contributed by atoms with E-state index in [9.17, 15) is 5.11 Å². The van der Waals surface area contributed by atoms with Crippen LogP contribution in [0.3, 0.4) is 0 Å². The molecule has 8 heteroatoms. The van der Waals surface area contributed by atoms with E-state index in [2.05, 4.69) is 37.1 Å². The quantitative estimate of drug-likeness (QED) is 0.806. The van der Waals surface area contributed by atoms with Gasteiger partial charge in [0, 0.05) is 37.8 Å². The molecule has 1 saturated heterocycles. The Morgan fingerprint density at radius 1 is 1.29 bits per heavy atom. The molecule has 24 heavy (non-hydrogen) atoms. The standard InChI is InChI=1S/C16H26N6O2/c1-5-22(9-16-20-19-12(4)24-16)14-7-21(8-15(14)23)6-13-10(2)17-18-11(13)3/h14-15,23H,5-9H2,1-4H3,(H,17,18)/t14-,15-/m1/s1. The maximum atomic E-state index is 10.5. The molecule has 2 aromatic rings. The van der Waals surface area contributed by atoms with Gasteiger partial charge in [-0.3, -0.25) is 14.9 Å². The molecule has 0 bridgehead atoms. The molecule has 3 heterocycles. The fourth-order valence-corrected chi connectivity index (χ4v) is 3.40. The number of aryl methyl sites for hydroxylation is 3. The second-order valence-corrected chi connectivity index (χ2v) is 6.52. The Bertz CT molecular complexity index is 662. The van der Waals surface area contributed by atoms with Crippen LogP contribution in [0, 0.1) is 20.8 Å². The van der Waals surface area contributed by atoms with Crippen LogP contribution in [0.4, 0.5) is 0 Å². The summed E-state index contributed by atoms with van der Waals surface area (Å²) in [6.45, 7) is 11.6. The first-order chi connectivity index (χ1) is 11.5. The smallest absolute Gasteiger partial charge is 0.230 e. The van der Waals surface area contributed by atoms with E-state index < -0.39 is 0 Å². The lowest BCUT2D eigenvalue weighted by atomic mass is 10.2. The van der Waals surface area contributed by atoms with E-state index in [4.69, 9.17) is 4.42 Å². The van der Waals surface area contributed by atoms with Crippen LogP contribution in [0.5, 0.6) is 0 Å². The number of likely N-dealkylation sites (tertiary alicyclic amines) is 1. The number of nitrogens with one attached hydrogen (secondary N) is 1. The molecule has 132 valence electrons. The summed E-state index contributed by atoms with van der Waals surface area (Å²) in [6, 6.07) is 0.0646. The fraction of sp³-hybridized carbons (Fsp3) is 0.688. The number of H-pyrrole nitrogens is 1. The molecule has 3 rings (SSSR count). The van der Waals surface area contributed by atoms with Crippen molar-refractivity contribution in [1.29, 1.82) is 0 Å². The van der Waals surface area contributed by atoms with Crippen molar-refractivity contribution in [1.82, 2.24) is 30.2 Å². The fourth-order valence-electron chi connectivity index (χ4n) is 3.40. The Labute approximate surface area is 141 Å². The predicted molar refractivity (Wildman–Crippen MR) is 88.3 cm³/mol. The number of likely N-dealkylation sites (N-methyl/N-ethyl adjacent to an activating group) is 1. The normalized spacial score (nSPS) is 21.9. The van der Waals surface area contributed by atoms with Gasteiger partial charge in [0.2, 0.25) is 11.8 Å². The van der Waals surface area contributed by atoms with E-state index in [0.717, 1.165) is 31.0 Å². The largest absolute Gasteiger partial charge is 0.424 e. The molecule has 8 nitrogen and oxygen atoms in total. The monoisotopic (exact) mass is 334 g/mol. The minimum absolute atomic E-state index is 0.0646. The minimum Gasteiger partial charge on any atom is -0.424 e. The molecular weight excluding hydrogens is 308 g/mol. The zero-order valence-corrected chi connectivity index (χ0v) is 14.8. The Morgan fingerprint density at radius 2 is 2.08 bits per heavy atom. The van der Waals surface area contributed by atoms with Crippen molar-refractivity contribution in [2.45, 2.75) is 52.9 Å². The highest BCUT2D eigenvalue weighted by Crippen LogP contribution is 2.22. The third kappa shape index (κ3) is 3.50. The summed E-state index contributed by atoms with van der Waals surface area (Å²) in [6.07, 6.45) is -0.388. The van der Waals surface area contributed by atoms with Crippen molar-refractivity contribution in [2.75, 3.05) is 19.6 Å². The van der Waals surface area contributed by atoms with Crippen LogP contribution in [0.15, 0.2) is 4.42 Å². The number of aromatic nitrogens is 4. The number of rotatable bonds is 6. The number of aliphatic hydroxyl groups excluding tert-OH is 1. The first-order valence-electron chi connectivity index (χ1n) is 8.41. The molecule has 0 radical (unpaired) electrons. The van der Waals surface area contributed by atoms with E-state index in [-0.39, 0.29) is 12.1 Å².